The number of nitriles is 1. The molecule has 1 aromatic rings. The molecule has 92 valence electrons. The number of nitrogens with two attached hydrogens (primary N) is 1. The van der Waals surface area contributed by atoms with Crippen LogP contribution in [0.4, 0.5) is 11.4 Å². The lowest BCUT2D eigenvalue weighted by atomic mass is 10.1. The lowest BCUT2D eigenvalue weighted by Crippen LogP contribution is -2.29. The van der Waals surface area contributed by atoms with Crippen LogP contribution in [0.15, 0.2) is 18.2 Å². The largest absolute Gasteiger partial charge is 0.398 e. The van der Waals surface area contributed by atoms with Crippen molar-refractivity contribution in [3.8, 4) is 6.07 Å². The van der Waals surface area contributed by atoms with E-state index >= 15 is 0 Å². The Morgan fingerprint density at radius 1 is 1.41 bits per heavy atom. The summed E-state index contributed by atoms with van der Waals surface area (Å²) in [5.41, 5.74) is 8.99. The molecule has 0 bridgehead atoms. The van der Waals surface area contributed by atoms with Gasteiger partial charge in [0.2, 0.25) is 0 Å². The molecular weight excluding hydrogens is 210 g/mol. The summed E-state index contributed by atoms with van der Waals surface area (Å²) in [5, 5.41) is 8.72. The van der Waals surface area contributed by atoms with Gasteiger partial charge < -0.3 is 10.6 Å². The topological polar surface area (TPSA) is 53.0 Å². The number of hydrogen-bond donors (Lipinski definition) is 1. The number of benzene rings is 1. The van der Waals surface area contributed by atoms with E-state index in [4.69, 9.17) is 11.0 Å². The molecule has 2 N–H and O–H groups in total. The standard InChI is InChI=1S/C14H21N3/c1-11(2)10-17(9-5-8-15)14-7-4-6-13(16)12(14)3/h4,6-7,11H,5,9-10,16H2,1-3H3. The Labute approximate surface area is 104 Å². The zero-order valence-corrected chi connectivity index (χ0v) is 10.9. The van der Waals surface area contributed by atoms with Crippen LogP contribution in [-0.4, -0.2) is 13.1 Å². The van der Waals surface area contributed by atoms with Gasteiger partial charge in [-0.05, 0) is 30.5 Å². The molecule has 0 saturated heterocycles. The smallest absolute Gasteiger partial charge is 0.0640 e. The summed E-state index contributed by atoms with van der Waals surface area (Å²) in [5.74, 6) is 0.564. The van der Waals surface area contributed by atoms with Gasteiger partial charge in [-0.2, -0.15) is 5.26 Å². The number of nitrogen functional groups attached to an aromatic ring is 1. The minimum absolute atomic E-state index is 0.543. The molecule has 17 heavy (non-hydrogen) atoms. The number of hydrogen-bond acceptors (Lipinski definition) is 3. The first-order chi connectivity index (χ1) is 8.06. The van der Waals surface area contributed by atoms with Gasteiger partial charge in [0.05, 0.1) is 12.5 Å². The second kappa shape index (κ2) is 6.15. The van der Waals surface area contributed by atoms with Crippen LogP contribution >= 0.6 is 0 Å². The Morgan fingerprint density at radius 3 is 2.71 bits per heavy atom. The normalized spacial score (nSPS) is 10.3. The van der Waals surface area contributed by atoms with Crippen LogP contribution in [0.1, 0.15) is 25.8 Å². The summed E-state index contributed by atoms with van der Waals surface area (Å²) in [6.07, 6.45) is 0.543. The molecule has 0 aliphatic carbocycles. The molecule has 0 saturated carbocycles. The number of rotatable bonds is 5. The first-order valence-electron chi connectivity index (χ1n) is 6.03. The van der Waals surface area contributed by atoms with Gasteiger partial charge in [-0.3, -0.25) is 0 Å². The van der Waals surface area contributed by atoms with E-state index in [9.17, 15) is 0 Å². The van der Waals surface area contributed by atoms with Gasteiger partial charge in [0.25, 0.3) is 0 Å². The monoisotopic (exact) mass is 231 g/mol. The molecular formula is C14H21N3. The Hall–Kier alpha value is -1.69. The molecule has 0 aliphatic heterocycles. The fourth-order valence-corrected chi connectivity index (χ4v) is 1.92. The summed E-state index contributed by atoms with van der Waals surface area (Å²) < 4.78 is 0. The SMILES string of the molecule is Cc1c(N)cccc1N(CCC#N)CC(C)C. The average molecular weight is 231 g/mol. The van der Waals surface area contributed by atoms with E-state index < -0.39 is 0 Å². The van der Waals surface area contributed by atoms with Gasteiger partial charge in [-0.25, -0.2) is 0 Å². The van der Waals surface area contributed by atoms with Crippen LogP contribution in [0, 0.1) is 24.2 Å². The van der Waals surface area contributed by atoms with Gasteiger partial charge in [-0.1, -0.05) is 19.9 Å². The molecule has 0 heterocycles. The van der Waals surface area contributed by atoms with E-state index in [-0.39, 0.29) is 0 Å². The third-order valence-corrected chi connectivity index (χ3v) is 2.77. The molecule has 0 aliphatic rings. The van der Waals surface area contributed by atoms with E-state index in [0.717, 1.165) is 30.0 Å². The van der Waals surface area contributed by atoms with E-state index in [1.807, 2.05) is 19.1 Å². The Bertz CT molecular complexity index is 404. The minimum Gasteiger partial charge on any atom is -0.398 e. The van der Waals surface area contributed by atoms with Crippen LogP contribution in [0.3, 0.4) is 0 Å². The molecule has 0 spiro atoms. The molecule has 3 heteroatoms. The maximum absolute atomic E-state index is 8.72. The van der Waals surface area contributed by atoms with Crippen LogP contribution in [-0.2, 0) is 0 Å². The zero-order valence-electron chi connectivity index (χ0n) is 10.9. The lowest BCUT2D eigenvalue weighted by Gasteiger charge is -2.27. The Kier molecular flexibility index (Phi) is 4.84. The molecule has 0 atom stereocenters. The molecule has 1 rings (SSSR count). The van der Waals surface area contributed by atoms with Crippen molar-refractivity contribution < 1.29 is 0 Å². The van der Waals surface area contributed by atoms with E-state index in [1.54, 1.807) is 0 Å². The summed E-state index contributed by atoms with van der Waals surface area (Å²) in [6, 6.07) is 8.16. The maximum atomic E-state index is 8.72. The van der Waals surface area contributed by atoms with Crippen molar-refractivity contribution in [1.82, 2.24) is 0 Å². The van der Waals surface area contributed by atoms with Crippen molar-refractivity contribution in [2.45, 2.75) is 27.2 Å². The predicted octanol–water partition coefficient (Wildman–Crippen LogP) is 2.95. The zero-order chi connectivity index (χ0) is 12.8. The third-order valence-electron chi connectivity index (χ3n) is 2.77. The van der Waals surface area contributed by atoms with Crippen LogP contribution in [0.5, 0.6) is 0 Å². The van der Waals surface area contributed by atoms with Crippen molar-refractivity contribution in [1.29, 1.82) is 5.26 Å². The highest BCUT2D eigenvalue weighted by molar-refractivity contribution is 5.64. The van der Waals surface area contributed by atoms with E-state index in [2.05, 4.69) is 30.9 Å². The van der Waals surface area contributed by atoms with Crippen molar-refractivity contribution >= 4 is 11.4 Å². The fraction of sp³-hybridized carbons (Fsp3) is 0.500. The van der Waals surface area contributed by atoms with E-state index in [0.29, 0.717) is 12.3 Å². The Morgan fingerprint density at radius 2 is 2.12 bits per heavy atom. The molecule has 0 aromatic heterocycles. The van der Waals surface area contributed by atoms with Gasteiger partial charge in [0.1, 0.15) is 0 Å². The number of anilines is 2. The van der Waals surface area contributed by atoms with Crippen LogP contribution < -0.4 is 10.6 Å². The number of nitrogens with zero attached hydrogens (tertiary/aromatic N) is 2. The highest BCUT2D eigenvalue weighted by atomic mass is 15.1. The summed E-state index contributed by atoms with van der Waals surface area (Å²) in [6.45, 7) is 8.11. The Balaban J connectivity index is 2.95. The van der Waals surface area contributed by atoms with Gasteiger partial charge in [0, 0.05) is 24.5 Å². The van der Waals surface area contributed by atoms with Gasteiger partial charge in [-0.15, -0.1) is 0 Å². The molecule has 3 nitrogen and oxygen atoms in total. The summed E-state index contributed by atoms with van der Waals surface area (Å²) in [4.78, 5) is 2.25. The maximum Gasteiger partial charge on any atom is 0.0640 e. The molecule has 0 amide bonds. The summed E-state index contributed by atoms with van der Waals surface area (Å²) in [7, 11) is 0. The highest BCUT2D eigenvalue weighted by Gasteiger charge is 2.11. The first kappa shape index (κ1) is 13.4. The van der Waals surface area contributed by atoms with Gasteiger partial charge in [0.15, 0.2) is 0 Å². The predicted molar refractivity (Wildman–Crippen MR) is 72.9 cm³/mol. The molecule has 1 aromatic carbocycles. The fourth-order valence-electron chi connectivity index (χ4n) is 1.92. The quantitative estimate of drug-likeness (QED) is 0.793. The third kappa shape index (κ3) is 3.67. The van der Waals surface area contributed by atoms with Crippen molar-refractivity contribution in [3.05, 3.63) is 23.8 Å². The molecule has 0 unspecified atom stereocenters. The van der Waals surface area contributed by atoms with Crippen LogP contribution in [0.25, 0.3) is 0 Å². The highest BCUT2D eigenvalue weighted by Crippen LogP contribution is 2.25. The van der Waals surface area contributed by atoms with Crippen molar-refractivity contribution in [2.75, 3.05) is 23.7 Å². The van der Waals surface area contributed by atoms with Crippen molar-refractivity contribution in [3.63, 3.8) is 0 Å². The average Bonchev–Trinajstić information content (AvgIpc) is 2.28. The second-order valence-corrected chi connectivity index (χ2v) is 4.74. The molecule has 0 fully saturated rings. The lowest BCUT2D eigenvalue weighted by molar-refractivity contribution is 0.611. The second-order valence-electron chi connectivity index (χ2n) is 4.74. The minimum atomic E-state index is 0.543. The van der Waals surface area contributed by atoms with E-state index in [1.165, 1.54) is 0 Å². The molecule has 0 radical (unpaired) electrons. The first-order valence-corrected chi connectivity index (χ1v) is 6.03. The van der Waals surface area contributed by atoms with Crippen LogP contribution in [0.2, 0.25) is 0 Å². The van der Waals surface area contributed by atoms with Crippen molar-refractivity contribution in [2.24, 2.45) is 5.92 Å². The summed E-state index contributed by atoms with van der Waals surface area (Å²) >= 11 is 0. The van der Waals surface area contributed by atoms with Gasteiger partial charge >= 0.3 is 0 Å².